The smallest absolute Gasteiger partial charge is 0.124 e. The minimum atomic E-state index is -0.566. The van der Waals surface area contributed by atoms with E-state index in [2.05, 4.69) is 23.0 Å². The first-order valence-corrected chi connectivity index (χ1v) is 7.61. The Morgan fingerprint density at radius 1 is 1.30 bits per heavy atom. The topological polar surface area (TPSA) is 41.5 Å². The molecule has 1 aromatic carbocycles. The number of nitrogens with one attached hydrogen (secondary N) is 1. The largest absolute Gasteiger partial charge is 0.496 e. The van der Waals surface area contributed by atoms with E-state index < -0.39 is 6.10 Å². The zero-order valence-corrected chi connectivity index (χ0v) is 13.0. The summed E-state index contributed by atoms with van der Waals surface area (Å²) in [5.74, 6) is 0.733. The lowest BCUT2D eigenvalue weighted by Gasteiger charge is -2.16. The van der Waals surface area contributed by atoms with Gasteiger partial charge in [-0.05, 0) is 47.9 Å². The van der Waals surface area contributed by atoms with Crippen molar-refractivity contribution in [2.75, 3.05) is 13.7 Å². The van der Waals surface area contributed by atoms with Gasteiger partial charge < -0.3 is 15.2 Å². The van der Waals surface area contributed by atoms with Gasteiger partial charge in [-0.3, -0.25) is 0 Å². The van der Waals surface area contributed by atoms with Crippen molar-refractivity contribution in [3.63, 3.8) is 0 Å². The molecule has 1 atom stereocenters. The van der Waals surface area contributed by atoms with E-state index in [1.54, 1.807) is 18.4 Å². The molecule has 3 nitrogen and oxygen atoms in total. The lowest BCUT2D eigenvalue weighted by molar-refractivity contribution is 0.170. The summed E-state index contributed by atoms with van der Waals surface area (Å²) in [6, 6.07) is 5.86. The highest BCUT2D eigenvalue weighted by Crippen LogP contribution is 2.26. The number of hydrogen-bond donors (Lipinski definition) is 2. The Morgan fingerprint density at radius 3 is 2.75 bits per heavy atom. The average Bonchev–Trinajstić information content (AvgIpc) is 2.84. The number of rotatable bonds is 6. The molecule has 108 valence electrons. The molecular formula is C16H21NO2S. The van der Waals surface area contributed by atoms with Gasteiger partial charge in [0.1, 0.15) is 5.75 Å². The number of ether oxygens (including phenoxy) is 1. The molecule has 2 N–H and O–H groups in total. The third-order valence-electron chi connectivity index (χ3n) is 3.36. The van der Waals surface area contributed by atoms with Gasteiger partial charge in [-0.15, -0.1) is 0 Å². The van der Waals surface area contributed by atoms with E-state index in [4.69, 9.17) is 4.74 Å². The minimum absolute atomic E-state index is 0.509. The van der Waals surface area contributed by atoms with Crippen molar-refractivity contribution in [2.24, 2.45) is 0 Å². The number of benzene rings is 1. The Hall–Kier alpha value is -1.36. The highest BCUT2D eigenvalue weighted by molar-refractivity contribution is 7.08. The van der Waals surface area contributed by atoms with E-state index in [0.29, 0.717) is 6.54 Å². The van der Waals surface area contributed by atoms with Crippen molar-refractivity contribution in [3.8, 4) is 5.75 Å². The number of aryl methyl sites for hydroxylation is 2. The maximum atomic E-state index is 10.3. The van der Waals surface area contributed by atoms with Crippen molar-refractivity contribution in [1.29, 1.82) is 0 Å². The van der Waals surface area contributed by atoms with Crippen LogP contribution in [0.15, 0.2) is 29.0 Å². The van der Waals surface area contributed by atoms with Crippen LogP contribution in [0.1, 0.15) is 28.4 Å². The number of aliphatic hydroxyl groups excluding tert-OH is 1. The summed E-state index contributed by atoms with van der Waals surface area (Å²) < 4.78 is 5.31. The second-order valence-corrected chi connectivity index (χ2v) is 5.72. The van der Waals surface area contributed by atoms with E-state index in [1.165, 1.54) is 11.1 Å². The van der Waals surface area contributed by atoms with Crippen molar-refractivity contribution in [1.82, 2.24) is 5.32 Å². The van der Waals surface area contributed by atoms with Crippen LogP contribution in [0, 0.1) is 13.8 Å². The van der Waals surface area contributed by atoms with Crippen molar-refractivity contribution in [3.05, 3.63) is 51.2 Å². The molecule has 0 spiro atoms. The van der Waals surface area contributed by atoms with E-state index in [1.807, 2.05) is 25.1 Å². The predicted octanol–water partition coefficient (Wildman–Crippen LogP) is 3.20. The summed E-state index contributed by atoms with van der Waals surface area (Å²) in [5.41, 5.74) is 4.54. The van der Waals surface area contributed by atoms with E-state index in [-0.39, 0.29) is 0 Å². The summed E-state index contributed by atoms with van der Waals surface area (Å²) in [5, 5.41) is 17.9. The summed E-state index contributed by atoms with van der Waals surface area (Å²) in [6.07, 6.45) is -0.566. The van der Waals surface area contributed by atoms with Gasteiger partial charge in [0.05, 0.1) is 13.2 Å². The first-order valence-electron chi connectivity index (χ1n) is 6.66. The molecule has 1 unspecified atom stereocenters. The monoisotopic (exact) mass is 291 g/mol. The SMILES string of the molecule is COc1ccc(C)cc1C(O)CNCc1cscc1C. The van der Waals surface area contributed by atoms with Crippen LogP contribution in [0.3, 0.4) is 0 Å². The molecule has 0 amide bonds. The second-order valence-electron chi connectivity index (χ2n) is 4.97. The number of hydrogen-bond acceptors (Lipinski definition) is 4. The summed E-state index contributed by atoms with van der Waals surface area (Å²) in [6.45, 7) is 5.40. The molecule has 20 heavy (non-hydrogen) atoms. The molecule has 2 aromatic rings. The van der Waals surface area contributed by atoms with Crippen molar-refractivity contribution < 1.29 is 9.84 Å². The fourth-order valence-electron chi connectivity index (χ4n) is 2.14. The molecule has 0 bridgehead atoms. The zero-order chi connectivity index (χ0) is 14.5. The Kier molecular flexibility index (Phi) is 5.17. The first kappa shape index (κ1) is 15.0. The Balaban J connectivity index is 1.96. The van der Waals surface area contributed by atoms with Crippen LogP contribution < -0.4 is 10.1 Å². The Morgan fingerprint density at radius 2 is 2.10 bits per heavy atom. The van der Waals surface area contributed by atoms with Crippen molar-refractivity contribution >= 4 is 11.3 Å². The Labute approximate surface area is 124 Å². The maximum absolute atomic E-state index is 10.3. The van der Waals surface area contributed by atoms with Crippen molar-refractivity contribution in [2.45, 2.75) is 26.5 Å². The van der Waals surface area contributed by atoms with E-state index >= 15 is 0 Å². The normalized spacial score (nSPS) is 12.4. The maximum Gasteiger partial charge on any atom is 0.124 e. The standard InChI is InChI=1S/C16H21NO2S/c1-11-4-5-16(19-3)14(6-11)15(18)8-17-7-13-10-20-9-12(13)2/h4-6,9-10,15,17-18H,7-8H2,1-3H3. The molecule has 0 fully saturated rings. The third kappa shape index (κ3) is 3.60. The predicted molar refractivity (Wildman–Crippen MR) is 83.5 cm³/mol. The number of aliphatic hydroxyl groups is 1. The fourth-order valence-corrected chi connectivity index (χ4v) is 2.99. The molecule has 0 aliphatic carbocycles. The van der Waals surface area contributed by atoms with Crippen LogP contribution in [0.2, 0.25) is 0 Å². The van der Waals surface area contributed by atoms with E-state index in [9.17, 15) is 5.11 Å². The molecule has 0 saturated carbocycles. The zero-order valence-electron chi connectivity index (χ0n) is 12.1. The van der Waals surface area contributed by atoms with Crippen LogP contribution >= 0.6 is 11.3 Å². The van der Waals surface area contributed by atoms with Gasteiger partial charge >= 0.3 is 0 Å². The average molecular weight is 291 g/mol. The highest BCUT2D eigenvalue weighted by atomic mass is 32.1. The van der Waals surface area contributed by atoms with Crippen LogP contribution in [0.4, 0.5) is 0 Å². The summed E-state index contributed by atoms with van der Waals surface area (Å²) in [7, 11) is 1.63. The number of methoxy groups -OCH3 is 1. The third-order valence-corrected chi connectivity index (χ3v) is 4.27. The molecule has 1 heterocycles. The minimum Gasteiger partial charge on any atom is -0.496 e. The van der Waals surface area contributed by atoms with Gasteiger partial charge in [-0.1, -0.05) is 11.6 Å². The summed E-state index contributed by atoms with van der Waals surface area (Å²) >= 11 is 1.71. The van der Waals surface area contributed by atoms with E-state index in [0.717, 1.165) is 23.4 Å². The Bertz CT molecular complexity index is 565. The molecule has 0 aliphatic rings. The van der Waals surface area contributed by atoms with Crippen LogP contribution in [-0.4, -0.2) is 18.8 Å². The lowest BCUT2D eigenvalue weighted by Crippen LogP contribution is -2.21. The lowest BCUT2D eigenvalue weighted by atomic mass is 10.0. The van der Waals surface area contributed by atoms with Gasteiger partial charge in [-0.25, -0.2) is 0 Å². The van der Waals surface area contributed by atoms with Crippen LogP contribution in [0.25, 0.3) is 0 Å². The molecule has 0 radical (unpaired) electrons. The highest BCUT2D eigenvalue weighted by Gasteiger charge is 2.13. The van der Waals surface area contributed by atoms with Gasteiger partial charge in [0.15, 0.2) is 0 Å². The molecule has 0 saturated heterocycles. The van der Waals surface area contributed by atoms with Crippen LogP contribution in [-0.2, 0) is 6.54 Å². The van der Waals surface area contributed by atoms with Gasteiger partial charge in [0, 0.05) is 18.7 Å². The second kappa shape index (κ2) is 6.88. The molecule has 2 rings (SSSR count). The molecule has 4 heteroatoms. The summed E-state index contributed by atoms with van der Waals surface area (Å²) in [4.78, 5) is 0. The van der Waals surface area contributed by atoms with Gasteiger partial charge in [0.2, 0.25) is 0 Å². The molecule has 1 aromatic heterocycles. The van der Waals surface area contributed by atoms with Gasteiger partial charge in [-0.2, -0.15) is 11.3 Å². The molecular weight excluding hydrogens is 270 g/mol. The van der Waals surface area contributed by atoms with Crippen LogP contribution in [0.5, 0.6) is 5.75 Å². The van der Waals surface area contributed by atoms with Gasteiger partial charge in [0.25, 0.3) is 0 Å². The first-order chi connectivity index (χ1) is 9.61. The number of thiophene rings is 1. The molecule has 0 aliphatic heterocycles. The fraction of sp³-hybridized carbons (Fsp3) is 0.375. The quantitative estimate of drug-likeness (QED) is 0.859.